The smallest absolute Gasteiger partial charge is 0.274 e. The molecule has 4 heterocycles. The van der Waals surface area contributed by atoms with E-state index in [1.165, 1.54) is 12.8 Å². The Kier molecular flexibility index (Phi) is 5.02. The summed E-state index contributed by atoms with van der Waals surface area (Å²) in [5.41, 5.74) is 1.64. The molecule has 0 aromatic carbocycles. The van der Waals surface area contributed by atoms with E-state index in [0.29, 0.717) is 17.7 Å². The molecule has 1 aromatic heterocycles. The molecule has 3 aliphatic heterocycles. The molecular formula is C17H28N4O2. The SMILES string of the molecule is CCn1nc(C(=O)N2C[C@H]3CC[C@@H](C2)N(CCOC)C3)cc1C. The number of piperidine rings is 1. The van der Waals surface area contributed by atoms with E-state index in [4.69, 9.17) is 4.74 Å². The fourth-order valence-electron chi connectivity index (χ4n) is 3.92. The lowest BCUT2D eigenvalue weighted by atomic mass is 9.95. The fourth-order valence-corrected chi connectivity index (χ4v) is 3.92. The van der Waals surface area contributed by atoms with Crippen LogP contribution in [-0.4, -0.2) is 71.4 Å². The third-order valence-electron chi connectivity index (χ3n) is 5.20. The second-order valence-electron chi connectivity index (χ2n) is 6.78. The molecule has 23 heavy (non-hydrogen) atoms. The molecule has 0 radical (unpaired) electrons. The number of aromatic nitrogens is 2. The number of methoxy groups -OCH3 is 1. The highest BCUT2D eigenvalue weighted by atomic mass is 16.5. The summed E-state index contributed by atoms with van der Waals surface area (Å²) in [5.74, 6) is 0.662. The van der Waals surface area contributed by atoms with E-state index in [2.05, 4.69) is 10.00 Å². The zero-order chi connectivity index (χ0) is 16.4. The van der Waals surface area contributed by atoms with Crippen LogP contribution in [0.4, 0.5) is 0 Å². The normalized spacial score (nSPS) is 24.9. The molecule has 0 saturated carbocycles. The molecule has 128 valence electrons. The number of carbonyl (C=O) groups excluding carboxylic acids is 1. The van der Waals surface area contributed by atoms with Gasteiger partial charge < -0.3 is 9.64 Å². The Bertz CT molecular complexity index is 557. The van der Waals surface area contributed by atoms with E-state index in [-0.39, 0.29) is 5.91 Å². The Labute approximate surface area is 138 Å². The zero-order valence-corrected chi connectivity index (χ0v) is 14.5. The van der Waals surface area contributed by atoms with Crippen LogP contribution in [0.2, 0.25) is 0 Å². The van der Waals surface area contributed by atoms with Gasteiger partial charge in [-0.25, -0.2) is 0 Å². The van der Waals surface area contributed by atoms with Gasteiger partial charge in [-0.1, -0.05) is 0 Å². The van der Waals surface area contributed by atoms with Crippen LogP contribution in [0.25, 0.3) is 0 Å². The first kappa shape index (κ1) is 16.5. The number of rotatable bonds is 5. The average molecular weight is 320 g/mol. The highest BCUT2D eigenvalue weighted by molar-refractivity contribution is 5.92. The van der Waals surface area contributed by atoms with E-state index < -0.39 is 0 Å². The van der Waals surface area contributed by atoms with E-state index >= 15 is 0 Å². The quantitative estimate of drug-likeness (QED) is 0.823. The summed E-state index contributed by atoms with van der Waals surface area (Å²) in [4.78, 5) is 17.4. The molecule has 6 heteroatoms. The van der Waals surface area contributed by atoms with Gasteiger partial charge in [0.2, 0.25) is 0 Å². The molecule has 4 rings (SSSR count). The highest BCUT2D eigenvalue weighted by Crippen LogP contribution is 2.28. The van der Waals surface area contributed by atoms with Gasteiger partial charge in [-0.05, 0) is 38.7 Å². The maximum atomic E-state index is 12.9. The van der Waals surface area contributed by atoms with Crippen molar-refractivity contribution < 1.29 is 9.53 Å². The Morgan fingerprint density at radius 3 is 2.87 bits per heavy atom. The third kappa shape index (κ3) is 3.43. The van der Waals surface area contributed by atoms with Gasteiger partial charge in [-0.15, -0.1) is 0 Å². The lowest BCUT2D eigenvalue weighted by molar-refractivity contribution is 0.0712. The van der Waals surface area contributed by atoms with Crippen LogP contribution in [0.1, 0.15) is 35.9 Å². The van der Waals surface area contributed by atoms with Crippen LogP contribution in [-0.2, 0) is 11.3 Å². The van der Waals surface area contributed by atoms with Crippen molar-refractivity contribution in [2.45, 2.75) is 39.3 Å². The van der Waals surface area contributed by atoms with Crippen LogP contribution >= 0.6 is 0 Å². The summed E-state index contributed by atoms with van der Waals surface area (Å²) in [5, 5.41) is 4.46. The van der Waals surface area contributed by atoms with E-state index in [1.54, 1.807) is 7.11 Å². The average Bonchev–Trinajstić information content (AvgIpc) is 2.73. The number of aryl methyl sites for hydroxylation is 2. The molecule has 3 fully saturated rings. The van der Waals surface area contributed by atoms with Crippen molar-refractivity contribution in [3.8, 4) is 0 Å². The Hall–Kier alpha value is -1.40. The molecule has 1 aromatic rings. The van der Waals surface area contributed by atoms with Crippen LogP contribution in [0.5, 0.6) is 0 Å². The lowest BCUT2D eigenvalue weighted by Crippen LogP contribution is -2.45. The van der Waals surface area contributed by atoms with E-state index in [9.17, 15) is 4.79 Å². The Morgan fingerprint density at radius 2 is 2.17 bits per heavy atom. The second-order valence-corrected chi connectivity index (χ2v) is 6.78. The summed E-state index contributed by atoms with van der Waals surface area (Å²) >= 11 is 0. The van der Waals surface area contributed by atoms with Gasteiger partial charge in [0.1, 0.15) is 0 Å². The van der Waals surface area contributed by atoms with Crippen LogP contribution in [0.15, 0.2) is 6.07 Å². The topological polar surface area (TPSA) is 50.6 Å². The first-order chi connectivity index (χ1) is 11.1. The standard InChI is InChI=1S/C17H28N4O2/c1-4-21-13(2)9-16(18-21)17(22)20-11-14-5-6-15(12-20)19(10-14)7-8-23-3/h9,14-15H,4-8,10-12H2,1-3H3/t14-,15-/m0/s1. The number of carbonyl (C=O) groups is 1. The summed E-state index contributed by atoms with van der Waals surface area (Å²) in [6, 6.07) is 2.38. The molecule has 3 aliphatic rings. The Balaban J connectivity index is 1.72. The van der Waals surface area contributed by atoms with Gasteiger partial charge in [0.05, 0.1) is 6.61 Å². The first-order valence-corrected chi connectivity index (χ1v) is 8.69. The summed E-state index contributed by atoms with van der Waals surface area (Å²) in [7, 11) is 1.75. The molecule has 3 saturated heterocycles. The van der Waals surface area contributed by atoms with Gasteiger partial charge in [0, 0.05) is 51.6 Å². The molecule has 1 amide bonds. The molecule has 0 unspecified atom stereocenters. The van der Waals surface area contributed by atoms with Crippen LogP contribution in [0, 0.1) is 12.8 Å². The van der Waals surface area contributed by atoms with Crippen molar-refractivity contribution in [1.82, 2.24) is 19.6 Å². The predicted molar refractivity (Wildman–Crippen MR) is 88.5 cm³/mol. The number of amides is 1. The molecule has 6 nitrogen and oxygen atoms in total. The molecule has 0 N–H and O–H groups in total. The predicted octanol–water partition coefficient (Wildman–Crippen LogP) is 1.39. The van der Waals surface area contributed by atoms with Crippen molar-refractivity contribution in [3.63, 3.8) is 0 Å². The summed E-state index contributed by atoms with van der Waals surface area (Å²) in [6.07, 6.45) is 2.40. The van der Waals surface area contributed by atoms with E-state index in [0.717, 1.165) is 45.0 Å². The molecule has 0 aliphatic carbocycles. The molecule has 2 bridgehead atoms. The van der Waals surface area contributed by atoms with Crippen molar-refractivity contribution in [2.24, 2.45) is 5.92 Å². The fraction of sp³-hybridized carbons (Fsp3) is 0.765. The highest BCUT2D eigenvalue weighted by Gasteiger charge is 2.36. The minimum Gasteiger partial charge on any atom is -0.383 e. The number of hydrogen-bond acceptors (Lipinski definition) is 4. The van der Waals surface area contributed by atoms with Crippen molar-refractivity contribution in [1.29, 1.82) is 0 Å². The zero-order valence-electron chi connectivity index (χ0n) is 14.5. The van der Waals surface area contributed by atoms with Crippen LogP contribution in [0.3, 0.4) is 0 Å². The van der Waals surface area contributed by atoms with Gasteiger partial charge in [0.25, 0.3) is 5.91 Å². The van der Waals surface area contributed by atoms with Crippen molar-refractivity contribution in [3.05, 3.63) is 17.5 Å². The number of ether oxygens (including phenoxy) is 1. The van der Waals surface area contributed by atoms with Gasteiger partial charge in [-0.2, -0.15) is 5.10 Å². The summed E-state index contributed by atoms with van der Waals surface area (Å²) < 4.78 is 7.12. The van der Waals surface area contributed by atoms with Crippen molar-refractivity contribution in [2.75, 3.05) is 39.9 Å². The minimum absolute atomic E-state index is 0.0887. The molecule has 0 spiro atoms. The van der Waals surface area contributed by atoms with Crippen LogP contribution < -0.4 is 0 Å². The van der Waals surface area contributed by atoms with E-state index in [1.807, 2.05) is 29.5 Å². The molecular weight excluding hydrogens is 292 g/mol. The minimum atomic E-state index is 0.0887. The number of hydrogen-bond donors (Lipinski definition) is 0. The van der Waals surface area contributed by atoms with Crippen molar-refractivity contribution >= 4 is 5.91 Å². The number of fused-ring (bicyclic) bond motifs is 4. The van der Waals surface area contributed by atoms with Gasteiger partial charge >= 0.3 is 0 Å². The maximum Gasteiger partial charge on any atom is 0.274 e. The lowest BCUT2D eigenvalue weighted by Gasteiger charge is -2.35. The Morgan fingerprint density at radius 1 is 1.35 bits per heavy atom. The summed E-state index contributed by atoms with van der Waals surface area (Å²) in [6.45, 7) is 9.34. The largest absolute Gasteiger partial charge is 0.383 e. The van der Waals surface area contributed by atoms with Gasteiger partial charge in [0.15, 0.2) is 5.69 Å². The van der Waals surface area contributed by atoms with Gasteiger partial charge in [-0.3, -0.25) is 14.4 Å². The monoisotopic (exact) mass is 320 g/mol. The first-order valence-electron chi connectivity index (χ1n) is 8.69. The molecule has 2 atom stereocenters. The second kappa shape index (κ2) is 7.01. The maximum absolute atomic E-state index is 12.9. The third-order valence-corrected chi connectivity index (χ3v) is 5.20. The number of nitrogens with zero attached hydrogens (tertiary/aromatic N) is 4.